The molecule has 0 aliphatic heterocycles. The first-order chi connectivity index (χ1) is 8.13. The summed E-state index contributed by atoms with van der Waals surface area (Å²) < 4.78 is 5.45. The van der Waals surface area contributed by atoms with Gasteiger partial charge in [0.25, 0.3) is 0 Å². The molecule has 0 unspecified atom stereocenters. The van der Waals surface area contributed by atoms with E-state index in [-0.39, 0.29) is 0 Å². The Morgan fingerprint density at radius 3 is 2.47 bits per heavy atom. The molecule has 6 N–H and O–H groups in total. The minimum Gasteiger partial charge on any atom is -0.494 e. The van der Waals surface area contributed by atoms with Crippen LogP contribution in [0.15, 0.2) is 24.3 Å². The van der Waals surface area contributed by atoms with Crippen LogP contribution in [0.3, 0.4) is 0 Å². The maximum absolute atomic E-state index is 10.8. The maximum Gasteiger partial charge on any atom is 0.234 e. The van der Waals surface area contributed by atoms with Crippen molar-refractivity contribution in [1.29, 1.82) is 0 Å². The topological polar surface area (TPSA) is 104 Å². The highest BCUT2D eigenvalue weighted by atomic mass is 16.5. The minimum atomic E-state index is -0.640. The molecule has 17 heavy (non-hydrogen) atoms. The first-order valence-corrected chi connectivity index (χ1v) is 5.60. The second kappa shape index (κ2) is 6.88. The van der Waals surface area contributed by atoms with E-state index in [0.717, 1.165) is 17.7 Å². The van der Waals surface area contributed by atoms with Gasteiger partial charge in [-0.25, -0.2) is 0 Å². The van der Waals surface area contributed by atoms with Crippen molar-refractivity contribution in [3.63, 3.8) is 0 Å². The van der Waals surface area contributed by atoms with Gasteiger partial charge in [0, 0.05) is 0 Å². The van der Waals surface area contributed by atoms with Crippen molar-refractivity contribution >= 4 is 5.91 Å². The average Bonchev–Trinajstić information content (AvgIpc) is 2.31. The number of hydrogen-bond acceptors (Lipinski definition) is 4. The van der Waals surface area contributed by atoms with E-state index < -0.39 is 11.9 Å². The van der Waals surface area contributed by atoms with Crippen molar-refractivity contribution in [1.82, 2.24) is 0 Å². The van der Waals surface area contributed by atoms with E-state index in [1.165, 1.54) is 0 Å². The summed E-state index contributed by atoms with van der Waals surface area (Å²) >= 11 is 0. The van der Waals surface area contributed by atoms with Crippen LogP contribution in [-0.2, 0) is 11.2 Å². The molecule has 1 atom stereocenters. The fraction of sp³-hybridized carbons (Fsp3) is 0.417. The van der Waals surface area contributed by atoms with Crippen LogP contribution in [0, 0.1) is 0 Å². The van der Waals surface area contributed by atoms with Gasteiger partial charge in [0.15, 0.2) is 0 Å². The summed E-state index contributed by atoms with van der Waals surface area (Å²) in [6.07, 6.45) is 1.27. The number of carbonyl (C=O) groups excluding carboxylic acids is 1. The molecule has 0 aromatic heterocycles. The summed E-state index contributed by atoms with van der Waals surface area (Å²) in [5.41, 5.74) is 17.0. The lowest BCUT2D eigenvalue weighted by Crippen LogP contribution is -2.38. The standard InChI is InChI=1S/C12H19N3O2/c13-6-1-7-17-10-4-2-9(3-5-10)8-11(14)12(15)16/h2-5,11H,1,6-8,13-14H2,(H2,15,16)/t11-/m0/s1. The number of carbonyl (C=O) groups is 1. The van der Waals surface area contributed by atoms with E-state index in [4.69, 9.17) is 21.9 Å². The van der Waals surface area contributed by atoms with Crippen molar-refractivity contribution in [3.8, 4) is 5.75 Å². The second-order valence-electron chi connectivity index (χ2n) is 3.85. The van der Waals surface area contributed by atoms with Gasteiger partial charge in [0.1, 0.15) is 5.75 Å². The van der Waals surface area contributed by atoms with Crippen LogP contribution in [-0.4, -0.2) is 25.1 Å². The van der Waals surface area contributed by atoms with Crippen molar-refractivity contribution in [2.24, 2.45) is 17.2 Å². The summed E-state index contributed by atoms with van der Waals surface area (Å²) in [4.78, 5) is 10.8. The quantitative estimate of drug-likeness (QED) is 0.570. The molecule has 0 fully saturated rings. The molecular weight excluding hydrogens is 218 g/mol. The van der Waals surface area contributed by atoms with Crippen LogP contribution in [0.1, 0.15) is 12.0 Å². The predicted octanol–water partition coefficient (Wildman–Crippen LogP) is -0.231. The Bertz CT molecular complexity index is 351. The van der Waals surface area contributed by atoms with Crippen LogP contribution in [0.2, 0.25) is 0 Å². The Labute approximate surface area is 101 Å². The Kier molecular flexibility index (Phi) is 5.45. The van der Waals surface area contributed by atoms with E-state index in [9.17, 15) is 4.79 Å². The highest BCUT2D eigenvalue weighted by Gasteiger charge is 2.09. The molecule has 1 aromatic rings. The number of primary amides is 1. The van der Waals surface area contributed by atoms with Gasteiger partial charge in [-0.1, -0.05) is 12.1 Å². The molecular formula is C12H19N3O2. The first-order valence-electron chi connectivity index (χ1n) is 5.60. The lowest BCUT2D eigenvalue weighted by atomic mass is 10.1. The minimum absolute atomic E-state index is 0.443. The molecule has 0 heterocycles. The monoisotopic (exact) mass is 237 g/mol. The van der Waals surface area contributed by atoms with Crippen LogP contribution >= 0.6 is 0 Å². The Morgan fingerprint density at radius 1 is 1.29 bits per heavy atom. The van der Waals surface area contributed by atoms with Gasteiger partial charge in [-0.3, -0.25) is 4.79 Å². The molecule has 1 aromatic carbocycles. The van der Waals surface area contributed by atoms with Crippen LogP contribution < -0.4 is 21.9 Å². The highest BCUT2D eigenvalue weighted by molar-refractivity contribution is 5.79. The fourth-order valence-corrected chi connectivity index (χ4v) is 1.35. The van der Waals surface area contributed by atoms with Gasteiger partial charge in [0.05, 0.1) is 12.6 Å². The zero-order valence-electron chi connectivity index (χ0n) is 9.76. The number of benzene rings is 1. The zero-order valence-corrected chi connectivity index (χ0v) is 9.76. The largest absolute Gasteiger partial charge is 0.494 e. The summed E-state index contributed by atoms with van der Waals surface area (Å²) in [5.74, 6) is 0.295. The zero-order chi connectivity index (χ0) is 12.7. The Balaban J connectivity index is 2.47. The van der Waals surface area contributed by atoms with E-state index in [1.807, 2.05) is 24.3 Å². The Hall–Kier alpha value is -1.59. The van der Waals surface area contributed by atoms with Crippen molar-refractivity contribution in [2.45, 2.75) is 18.9 Å². The van der Waals surface area contributed by atoms with Crippen LogP contribution in [0.25, 0.3) is 0 Å². The van der Waals surface area contributed by atoms with E-state index in [1.54, 1.807) is 0 Å². The summed E-state index contributed by atoms with van der Waals surface area (Å²) in [5, 5.41) is 0. The second-order valence-corrected chi connectivity index (χ2v) is 3.85. The molecule has 1 rings (SSSR count). The fourth-order valence-electron chi connectivity index (χ4n) is 1.35. The lowest BCUT2D eigenvalue weighted by Gasteiger charge is -2.09. The molecule has 0 saturated carbocycles. The van der Waals surface area contributed by atoms with E-state index >= 15 is 0 Å². The molecule has 0 aliphatic carbocycles. The maximum atomic E-state index is 10.8. The smallest absolute Gasteiger partial charge is 0.234 e. The average molecular weight is 237 g/mol. The number of amides is 1. The third-order valence-electron chi connectivity index (χ3n) is 2.36. The third-order valence-corrected chi connectivity index (χ3v) is 2.36. The Morgan fingerprint density at radius 2 is 1.94 bits per heavy atom. The first kappa shape index (κ1) is 13.5. The summed E-state index contributed by atoms with van der Waals surface area (Å²) in [7, 11) is 0. The molecule has 0 aliphatic rings. The van der Waals surface area contributed by atoms with E-state index in [2.05, 4.69) is 0 Å². The van der Waals surface area contributed by atoms with Crippen molar-refractivity contribution in [3.05, 3.63) is 29.8 Å². The molecule has 0 bridgehead atoms. The SMILES string of the molecule is NCCCOc1ccc(C[C@H](N)C(N)=O)cc1. The van der Waals surface area contributed by atoms with Crippen molar-refractivity contribution in [2.75, 3.05) is 13.2 Å². The van der Waals surface area contributed by atoms with Gasteiger partial charge in [-0.05, 0) is 37.1 Å². The normalized spacial score (nSPS) is 12.1. The van der Waals surface area contributed by atoms with E-state index in [0.29, 0.717) is 19.6 Å². The van der Waals surface area contributed by atoms with Gasteiger partial charge in [0.2, 0.25) is 5.91 Å². The molecule has 1 amide bonds. The van der Waals surface area contributed by atoms with Gasteiger partial charge in [-0.2, -0.15) is 0 Å². The molecule has 94 valence electrons. The number of nitrogens with two attached hydrogens (primary N) is 3. The molecule has 0 saturated heterocycles. The van der Waals surface area contributed by atoms with Crippen LogP contribution in [0.4, 0.5) is 0 Å². The molecule has 0 spiro atoms. The van der Waals surface area contributed by atoms with Crippen LogP contribution in [0.5, 0.6) is 5.75 Å². The number of rotatable bonds is 7. The third kappa shape index (κ3) is 4.84. The van der Waals surface area contributed by atoms with Crippen molar-refractivity contribution < 1.29 is 9.53 Å². The number of ether oxygens (including phenoxy) is 1. The van der Waals surface area contributed by atoms with Gasteiger partial charge < -0.3 is 21.9 Å². The molecule has 5 nitrogen and oxygen atoms in total. The lowest BCUT2D eigenvalue weighted by molar-refractivity contribution is -0.119. The number of hydrogen-bond donors (Lipinski definition) is 3. The predicted molar refractivity (Wildman–Crippen MR) is 66.5 cm³/mol. The summed E-state index contributed by atoms with van der Waals surface area (Å²) in [6.45, 7) is 1.22. The highest BCUT2D eigenvalue weighted by Crippen LogP contribution is 2.13. The molecule has 5 heteroatoms. The van der Waals surface area contributed by atoms with Gasteiger partial charge >= 0.3 is 0 Å². The van der Waals surface area contributed by atoms with Gasteiger partial charge in [-0.15, -0.1) is 0 Å². The molecule has 0 radical (unpaired) electrons. The summed E-state index contributed by atoms with van der Waals surface area (Å²) in [6, 6.07) is 6.80.